The van der Waals surface area contributed by atoms with Gasteiger partial charge in [-0.25, -0.2) is 14.4 Å². The Morgan fingerprint density at radius 3 is 2.67 bits per heavy atom. The molecule has 2 aliphatic heterocycles. The highest BCUT2D eigenvalue weighted by molar-refractivity contribution is 6.17. The molecular weight excluding hydrogens is 497 g/mol. The molecule has 206 valence electrons. The second-order valence-corrected chi connectivity index (χ2v) is 10.8. The van der Waals surface area contributed by atoms with Crippen LogP contribution < -0.4 is 10.6 Å². The summed E-state index contributed by atoms with van der Waals surface area (Å²) in [4.78, 5) is 50.6. The quantitative estimate of drug-likeness (QED) is 0.507. The fourth-order valence-corrected chi connectivity index (χ4v) is 5.71. The third-order valence-electron chi connectivity index (χ3n) is 8.06. The highest BCUT2D eigenvalue weighted by atomic mass is 19.1. The average molecular weight is 534 g/mol. The summed E-state index contributed by atoms with van der Waals surface area (Å²) >= 11 is 0. The van der Waals surface area contributed by atoms with E-state index in [1.807, 2.05) is 35.2 Å². The van der Waals surface area contributed by atoms with Crippen LogP contribution in [-0.2, 0) is 14.4 Å². The molecule has 0 spiro atoms. The van der Waals surface area contributed by atoms with Gasteiger partial charge in [0.25, 0.3) is 0 Å². The normalized spacial score (nSPS) is 26.9. The first-order valence-electron chi connectivity index (χ1n) is 14.0. The molecule has 1 unspecified atom stereocenters. The molecule has 2 aliphatic carbocycles. The predicted molar refractivity (Wildman–Crippen MR) is 148 cm³/mol. The monoisotopic (exact) mass is 533 g/mol. The minimum Gasteiger partial charge on any atom is -0.345 e. The van der Waals surface area contributed by atoms with Crippen LogP contribution in [-0.4, -0.2) is 65.0 Å². The van der Waals surface area contributed by atoms with Crippen LogP contribution in [0.15, 0.2) is 64.2 Å². The molecule has 2 heterocycles. The molecule has 2 N–H and O–H groups in total. The van der Waals surface area contributed by atoms with Crippen LogP contribution in [0.4, 0.5) is 4.39 Å². The van der Waals surface area contributed by atoms with E-state index in [1.165, 1.54) is 6.08 Å². The fourth-order valence-electron chi connectivity index (χ4n) is 5.71. The molecule has 6 atom stereocenters. The van der Waals surface area contributed by atoms with E-state index in [4.69, 9.17) is 0 Å². The van der Waals surface area contributed by atoms with Gasteiger partial charge in [-0.3, -0.25) is 14.4 Å². The molecule has 3 amide bonds. The minimum atomic E-state index is -1.34. The van der Waals surface area contributed by atoms with Gasteiger partial charge in [-0.05, 0) is 62.7 Å². The molecule has 0 radical (unpaired) electrons. The number of carbonyl (C=O) groups excluding carboxylic acids is 3. The van der Waals surface area contributed by atoms with Crippen LogP contribution in [0.5, 0.6) is 0 Å². The van der Waals surface area contributed by atoms with Crippen LogP contribution in [0.1, 0.15) is 63.9 Å². The first-order chi connectivity index (χ1) is 18.9. The topological polar surface area (TPSA) is 103 Å². The molecule has 2 fully saturated rings. The molecule has 1 saturated heterocycles. The zero-order chi connectivity index (χ0) is 27.5. The molecule has 8 nitrogen and oxygen atoms in total. The van der Waals surface area contributed by atoms with Crippen molar-refractivity contribution in [2.24, 2.45) is 15.9 Å². The maximum absolute atomic E-state index is 14.2. The molecule has 1 saturated carbocycles. The van der Waals surface area contributed by atoms with Crippen molar-refractivity contribution in [3.63, 3.8) is 0 Å². The Balaban J connectivity index is 1.28. The first kappa shape index (κ1) is 27.0. The van der Waals surface area contributed by atoms with Crippen LogP contribution in [0.25, 0.3) is 0 Å². The van der Waals surface area contributed by atoms with Gasteiger partial charge in [0.2, 0.25) is 17.7 Å². The molecule has 39 heavy (non-hydrogen) atoms. The van der Waals surface area contributed by atoms with Gasteiger partial charge >= 0.3 is 0 Å². The zero-order valence-electron chi connectivity index (χ0n) is 22.5. The number of halogens is 1. The van der Waals surface area contributed by atoms with Gasteiger partial charge in [0, 0.05) is 18.5 Å². The summed E-state index contributed by atoms with van der Waals surface area (Å²) in [7, 11) is 0. The minimum absolute atomic E-state index is 0.110. The number of likely N-dealkylation sites (tertiary alicyclic amines) is 1. The van der Waals surface area contributed by atoms with Gasteiger partial charge in [-0.1, -0.05) is 43.3 Å². The van der Waals surface area contributed by atoms with E-state index in [0.29, 0.717) is 24.5 Å². The Labute approximate surface area is 228 Å². The Morgan fingerprint density at radius 1 is 1.13 bits per heavy atom. The number of amides is 3. The summed E-state index contributed by atoms with van der Waals surface area (Å²) in [5.41, 5.74) is 1.76. The van der Waals surface area contributed by atoms with Crippen molar-refractivity contribution in [2.75, 3.05) is 6.54 Å². The largest absolute Gasteiger partial charge is 0.345 e. The third kappa shape index (κ3) is 6.02. The third-order valence-corrected chi connectivity index (χ3v) is 8.06. The highest BCUT2D eigenvalue weighted by Crippen LogP contribution is 2.47. The number of nitrogens with zero attached hydrogens (tertiary/aromatic N) is 3. The number of amidine groups is 1. The number of rotatable bonds is 9. The van der Waals surface area contributed by atoms with E-state index in [9.17, 15) is 18.8 Å². The number of benzene rings is 1. The highest BCUT2D eigenvalue weighted by Gasteiger charge is 2.45. The molecule has 1 aromatic carbocycles. The van der Waals surface area contributed by atoms with Gasteiger partial charge in [0.05, 0.1) is 18.2 Å². The number of piperidine rings is 1. The lowest BCUT2D eigenvalue weighted by Crippen LogP contribution is -2.54. The molecular formula is C30H36FN5O3. The maximum Gasteiger partial charge on any atom is 0.243 e. The number of hydrogen-bond donors (Lipinski definition) is 2. The van der Waals surface area contributed by atoms with Crippen molar-refractivity contribution >= 4 is 29.3 Å². The van der Waals surface area contributed by atoms with Crippen LogP contribution in [0, 0.1) is 5.92 Å². The van der Waals surface area contributed by atoms with Crippen molar-refractivity contribution in [1.29, 1.82) is 0 Å². The van der Waals surface area contributed by atoms with E-state index in [0.717, 1.165) is 31.2 Å². The van der Waals surface area contributed by atoms with Gasteiger partial charge in [-0.15, -0.1) is 0 Å². The maximum atomic E-state index is 14.2. The van der Waals surface area contributed by atoms with Crippen LogP contribution >= 0.6 is 0 Å². The number of allylic oxidation sites excluding steroid dienone is 4. The SMILES string of the molecule is CC[C@H]1CCCCN1C(=O)C[C@H](NC(=O)[C@@H]1C[C@H]1c1ccccc1)C(=O)N[C@@H](C)C1=NC2=CC=CC(F)C2=N1. The van der Waals surface area contributed by atoms with Crippen LogP contribution in [0.3, 0.4) is 0 Å². The summed E-state index contributed by atoms with van der Waals surface area (Å²) in [5, 5.41) is 5.73. The van der Waals surface area contributed by atoms with Gasteiger partial charge in [0.1, 0.15) is 11.8 Å². The van der Waals surface area contributed by atoms with E-state index < -0.39 is 24.2 Å². The van der Waals surface area contributed by atoms with E-state index in [-0.39, 0.29) is 41.8 Å². The summed E-state index contributed by atoms with van der Waals surface area (Å²) < 4.78 is 14.2. The average Bonchev–Trinajstić information content (AvgIpc) is 3.63. The predicted octanol–water partition coefficient (Wildman–Crippen LogP) is 3.61. The van der Waals surface area contributed by atoms with Gasteiger partial charge in [0.15, 0.2) is 12.0 Å². The summed E-state index contributed by atoms with van der Waals surface area (Å²) in [6, 6.07) is 8.33. The second kappa shape index (κ2) is 11.6. The van der Waals surface area contributed by atoms with Crippen molar-refractivity contribution < 1.29 is 18.8 Å². The van der Waals surface area contributed by atoms with E-state index in [2.05, 4.69) is 27.5 Å². The zero-order valence-corrected chi connectivity index (χ0v) is 22.5. The summed E-state index contributed by atoms with van der Waals surface area (Å²) in [6.45, 7) is 4.44. The lowest BCUT2D eigenvalue weighted by atomic mass is 9.98. The Morgan fingerprint density at radius 2 is 1.92 bits per heavy atom. The standard InChI is InChI=1S/C30H36FN5O3/c1-3-20-12-7-8-15-36(20)26(37)17-25(34-29(38)22-16-21(22)19-10-5-4-6-11-19)30(39)32-18(2)28-33-24-14-9-13-23(31)27(24)35-28/h4-6,9-11,13-14,18,20-23,25H,3,7-8,12,15-17H2,1-2H3,(H,32,39)(H,34,38)/t18-,20-,21-,22+,23?,25-/m0/s1. The Hall–Kier alpha value is -3.62. The number of fused-ring (bicyclic) bond motifs is 1. The van der Waals surface area contributed by atoms with Gasteiger partial charge < -0.3 is 15.5 Å². The fraction of sp³-hybridized carbons (Fsp3) is 0.500. The first-order valence-corrected chi connectivity index (χ1v) is 14.0. The number of carbonyl (C=O) groups is 3. The smallest absolute Gasteiger partial charge is 0.243 e. The van der Waals surface area contributed by atoms with Crippen molar-refractivity contribution in [3.8, 4) is 0 Å². The number of nitrogens with one attached hydrogen (secondary N) is 2. The molecule has 1 aromatic rings. The Bertz CT molecular complexity index is 1240. The van der Waals surface area contributed by atoms with Crippen molar-refractivity contribution in [3.05, 3.63) is 59.8 Å². The lowest BCUT2D eigenvalue weighted by Gasteiger charge is -2.36. The van der Waals surface area contributed by atoms with E-state index >= 15 is 0 Å². The number of aliphatic imine (C=N–C) groups is 2. The van der Waals surface area contributed by atoms with E-state index in [1.54, 1.807) is 19.1 Å². The molecule has 5 rings (SSSR count). The molecule has 0 aromatic heterocycles. The molecule has 4 aliphatic rings. The summed E-state index contributed by atoms with van der Waals surface area (Å²) in [6.07, 6.45) is 7.74. The second-order valence-electron chi connectivity index (χ2n) is 10.8. The Kier molecular flexibility index (Phi) is 8.04. The lowest BCUT2D eigenvalue weighted by molar-refractivity contribution is -0.139. The van der Waals surface area contributed by atoms with Gasteiger partial charge in [-0.2, -0.15) is 0 Å². The van der Waals surface area contributed by atoms with Crippen molar-refractivity contribution in [2.45, 2.75) is 82.6 Å². The van der Waals surface area contributed by atoms with Crippen LogP contribution in [0.2, 0.25) is 0 Å². The molecule has 0 bridgehead atoms. The number of alkyl halides is 1. The summed E-state index contributed by atoms with van der Waals surface area (Å²) in [5.74, 6) is -0.669. The molecule has 9 heteroatoms. The number of hydrogen-bond acceptors (Lipinski definition) is 5. The van der Waals surface area contributed by atoms with Crippen molar-refractivity contribution in [1.82, 2.24) is 15.5 Å².